The van der Waals surface area contributed by atoms with Gasteiger partial charge in [-0.1, -0.05) is 30.2 Å². The van der Waals surface area contributed by atoms with Gasteiger partial charge >= 0.3 is 0 Å². The number of halogens is 1. The van der Waals surface area contributed by atoms with Crippen LogP contribution in [0.4, 0.5) is 5.69 Å². The lowest BCUT2D eigenvalue weighted by atomic mass is 10.1. The molecule has 1 heterocycles. The van der Waals surface area contributed by atoms with Gasteiger partial charge in [-0.3, -0.25) is 9.59 Å². The summed E-state index contributed by atoms with van der Waals surface area (Å²) in [5, 5.41) is 3.30. The lowest BCUT2D eigenvalue weighted by molar-refractivity contribution is -0.133. The van der Waals surface area contributed by atoms with Crippen LogP contribution in [0.5, 0.6) is 0 Å². The van der Waals surface area contributed by atoms with E-state index in [0.717, 1.165) is 24.8 Å². The van der Waals surface area contributed by atoms with Gasteiger partial charge in [-0.25, -0.2) is 8.42 Å². The van der Waals surface area contributed by atoms with E-state index in [2.05, 4.69) is 5.32 Å². The summed E-state index contributed by atoms with van der Waals surface area (Å²) in [5.41, 5.74) is 1.48. The molecule has 1 saturated heterocycles. The Morgan fingerprint density at radius 1 is 1.00 bits per heavy atom. The minimum absolute atomic E-state index is 0.0610. The van der Waals surface area contributed by atoms with Gasteiger partial charge in [0.2, 0.25) is 21.8 Å². The van der Waals surface area contributed by atoms with Crippen LogP contribution in [0, 0.1) is 0 Å². The Hall–Kier alpha value is -2.42. The molecule has 3 rings (SSSR count). The number of rotatable bonds is 8. The number of piperidine rings is 1. The van der Waals surface area contributed by atoms with Gasteiger partial charge in [-0.2, -0.15) is 4.31 Å². The van der Waals surface area contributed by atoms with Crippen LogP contribution in [0.15, 0.2) is 53.4 Å². The quantitative estimate of drug-likeness (QED) is 0.630. The molecule has 1 aliphatic rings. The van der Waals surface area contributed by atoms with E-state index in [1.165, 1.54) is 4.90 Å². The van der Waals surface area contributed by atoms with E-state index < -0.39 is 10.0 Å². The van der Waals surface area contributed by atoms with E-state index in [-0.39, 0.29) is 29.7 Å². The lowest BCUT2D eigenvalue weighted by Crippen LogP contribution is -2.35. The average Bonchev–Trinajstić information content (AvgIpc) is 2.79. The van der Waals surface area contributed by atoms with Crippen molar-refractivity contribution in [2.75, 3.05) is 32.0 Å². The number of aryl methyl sites for hydroxylation is 1. The van der Waals surface area contributed by atoms with Crippen molar-refractivity contribution in [2.45, 2.75) is 37.0 Å². The molecule has 0 atom stereocenters. The summed E-state index contributed by atoms with van der Waals surface area (Å²) in [6, 6.07) is 13.4. The first kappa shape index (κ1) is 24.2. The van der Waals surface area contributed by atoms with Crippen molar-refractivity contribution in [3.63, 3.8) is 0 Å². The maximum atomic E-state index is 12.7. The van der Waals surface area contributed by atoms with Crippen molar-refractivity contribution in [3.8, 4) is 0 Å². The van der Waals surface area contributed by atoms with Crippen molar-refractivity contribution < 1.29 is 18.0 Å². The fourth-order valence-corrected chi connectivity index (χ4v) is 5.20. The molecule has 2 aromatic carbocycles. The Balaban J connectivity index is 1.48. The minimum Gasteiger partial charge on any atom is -0.336 e. The number of sulfonamides is 1. The second-order valence-corrected chi connectivity index (χ2v) is 10.3. The first-order valence-corrected chi connectivity index (χ1v) is 12.5. The van der Waals surface area contributed by atoms with Crippen molar-refractivity contribution in [3.05, 3.63) is 59.1 Å². The summed E-state index contributed by atoms with van der Waals surface area (Å²) < 4.78 is 27.0. The molecular weight excluding hydrogens is 450 g/mol. The van der Waals surface area contributed by atoms with E-state index in [0.29, 0.717) is 30.2 Å². The third-order valence-electron chi connectivity index (χ3n) is 5.44. The summed E-state index contributed by atoms with van der Waals surface area (Å²) in [7, 11) is -1.88. The van der Waals surface area contributed by atoms with Gasteiger partial charge in [-0.05, 0) is 61.2 Å². The van der Waals surface area contributed by atoms with Crippen molar-refractivity contribution >= 4 is 39.1 Å². The van der Waals surface area contributed by atoms with Crippen LogP contribution in [-0.4, -0.2) is 56.1 Å². The highest BCUT2D eigenvalue weighted by molar-refractivity contribution is 7.89. The molecule has 2 aromatic rings. The monoisotopic (exact) mass is 477 g/mol. The third kappa shape index (κ3) is 6.54. The normalized spacial score (nSPS) is 14.7. The summed E-state index contributed by atoms with van der Waals surface area (Å²) in [5.74, 6) is -0.461. The first-order chi connectivity index (χ1) is 15.3. The number of amides is 2. The molecule has 0 aliphatic carbocycles. The Kier molecular flexibility index (Phi) is 8.28. The highest BCUT2D eigenvalue weighted by Gasteiger charge is 2.25. The zero-order valence-corrected chi connectivity index (χ0v) is 19.7. The fraction of sp³-hybridized carbons (Fsp3) is 0.391. The van der Waals surface area contributed by atoms with Gasteiger partial charge in [-0.15, -0.1) is 0 Å². The van der Waals surface area contributed by atoms with Gasteiger partial charge in [0.05, 0.1) is 11.4 Å². The van der Waals surface area contributed by atoms with Crippen LogP contribution in [0.3, 0.4) is 0 Å². The van der Waals surface area contributed by atoms with Crippen LogP contribution >= 0.6 is 11.6 Å². The molecule has 0 saturated carbocycles. The summed E-state index contributed by atoms with van der Waals surface area (Å²) in [6.45, 7) is 1.07. The molecule has 9 heteroatoms. The number of carbonyl (C=O) groups excluding carboxylic acids is 2. The van der Waals surface area contributed by atoms with E-state index in [4.69, 9.17) is 11.6 Å². The zero-order valence-electron chi connectivity index (χ0n) is 18.1. The van der Waals surface area contributed by atoms with E-state index in [1.807, 2.05) is 0 Å². The summed E-state index contributed by atoms with van der Waals surface area (Å²) >= 11 is 5.83. The van der Waals surface area contributed by atoms with Crippen molar-refractivity contribution in [1.29, 1.82) is 0 Å². The first-order valence-electron chi connectivity index (χ1n) is 10.6. The Morgan fingerprint density at radius 3 is 2.25 bits per heavy atom. The molecule has 0 unspecified atom stereocenters. The molecule has 7 nitrogen and oxygen atoms in total. The van der Waals surface area contributed by atoms with Crippen molar-refractivity contribution in [1.82, 2.24) is 9.21 Å². The topological polar surface area (TPSA) is 86.8 Å². The molecule has 2 amide bonds. The predicted octanol–water partition coefficient (Wildman–Crippen LogP) is 3.54. The SMILES string of the molecule is CN(CC(=O)Nc1ccc(Cl)cc1)C(=O)CCc1ccc(S(=O)(=O)N2CCCCC2)cc1. The van der Waals surface area contributed by atoms with E-state index >= 15 is 0 Å². The van der Waals surface area contributed by atoms with Crippen LogP contribution < -0.4 is 5.32 Å². The number of carbonyl (C=O) groups is 2. The minimum atomic E-state index is -3.46. The standard InChI is InChI=1S/C23H28ClN3O4S/c1-26(17-22(28)25-20-10-8-19(24)9-11-20)23(29)14-7-18-5-12-21(13-6-18)32(30,31)27-15-3-2-4-16-27/h5-6,8-13H,2-4,7,14-17H2,1H3,(H,25,28). The molecule has 0 aromatic heterocycles. The largest absolute Gasteiger partial charge is 0.336 e. The predicted molar refractivity (Wildman–Crippen MR) is 125 cm³/mol. The fourth-order valence-electron chi connectivity index (χ4n) is 3.56. The van der Waals surface area contributed by atoms with Crippen LogP contribution in [0.2, 0.25) is 5.02 Å². The van der Waals surface area contributed by atoms with Crippen LogP contribution in [0.1, 0.15) is 31.2 Å². The smallest absolute Gasteiger partial charge is 0.243 e. The molecule has 0 spiro atoms. The highest BCUT2D eigenvalue weighted by Crippen LogP contribution is 2.21. The number of hydrogen-bond donors (Lipinski definition) is 1. The molecule has 0 radical (unpaired) electrons. The summed E-state index contributed by atoms with van der Waals surface area (Å²) in [6.07, 6.45) is 3.54. The van der Waals surface area contributed by atoms with E-state index in [9.17, 15) is 18.0 Å². The number of benzene rings is 2. The molecule has 1 fully saturated rings. The molecule has 32 heavy (non-hydrogen) atoms. The van der Waals surface area contributed by atoms with Gasteiger partial charge < -0.3 is 10.2 Å². The number of anilines is 1. The van der Waals surface area contributed by atoms with Gasteiger partial charge in [0, 0.05) is 37.3 Å². The number of hydrogen-bond acceptors (Lipinski definition) is 4. The van der Waals surface area contributed by atoms with Gasteiger partial charge in [0.1, 0.15) is 0 Å². The maximum Gasteiger partial charge on any atom is 0.243 e. The van der Waals surface area contributed by atoms with Crippen LogP contribution in [-0.2, 0) is 26.0 Å². The van der Waals surface area contributed by atoms with Crippen LogP contribution in [0.25, 0.3) is 0 Å². The second kappa shape index (κ2) is 10.9. The molecule has 172 valence electrons. The molecular formula is C23H28ClN3O4S. The third-order valence-corrected chi connectivity index (χ3v) is 7.60. The number of nitrogens with one attached hydrogen (secondary N) is 1. The Bertz CT molecular complexity index is 1030. The number of nitrogens with zero attached hydrogens (tertiary/aromatic N) is 2. The maximum absolute atomic E-state index is 12.7. The van der Waals surface area contributed by atoms with E-state index in [1.54, 1.807) is 59.9 Å². The molecule has 1 aliphatic heterocycles. The molecule has 1 N–H and O–H groups in total. The highest BCUT2D eigenvalue weighted by atomic mass is 35.5. The van der Waals surface area contributed by atoms with Crippen molar-refractivity contribution in [2.24, 2.45) is 0 Å². The Morgan fingerprint density at radius 2 is 1.62 bits per heavy atom. The second-order valence-electron chi connectivity index (χ2n) is 7.91. The average molecular weight is 478 g/mol. The van der Waals surface area contributed by atoms with Gasteiger partial charge in [0.25, 0.3) is 0 Å². The molecule has 0 bridgehead atoms. The lowest BCUT2D eigenvalue weighted by Gasteiger charge is -2.25. The number of likely N-dealkylation sites (N-methyl/N-ethyl adjacent to an activating group) is 1. The Labute approximate surface area is 194 Å². The summed E-state index contributed by atoms with van der Waals surface area (Å²) in [4.78, 5) is 26.2. The van der Waals surface area contributed by atoms with Gasteiger partial charge in [0.15, 0.2) is 0 Å². The zero-order chi connectivity index (χ0) is 23.1.